The number of fused-ring (bicyclic) bond motifs is 1. The zero-order chi connectivity index (χ0) is 12.5. The van der Waals surface area contributed by atoms with E-state index in [1.807, 2.05) is 0 Å². The number of morpholine rings is 1. The van der Waals surface area contributed by atoms with Gasteiger partial charge in [-0.3, -0.25) is 0 Å². The van der Waals surface area contributed by atoms with Crippen LogP contribution >= 0.6 is 0 Å². The number of hydrogen-bond donors (Lipinski definition) is 0. The van der Waals surface area contributed by atoms with E-state index in [1.54, 1.807) is 0 Å². The summed E-state index contributed by atoms with van der Waals surface area (Å²) in [5, 5.41) is 2.74. The highest BCUT2D eigenvalue weighted by Crippen LogP contribution is 2.33. The Morgan fingerprint density at radius 1 is 0.944 bits per heavy atom. The number of benzene rings is 2. The van der Waals surface area contributed by atoms with Crippen LogP contribution in [0.1, 0.15) is 11.1 Å². The normalized spacial score (nSPS) is 16.2. The van der Waals surface area contributed by atoms with Crippen molar-refractivity contribution in [2.24, 2.45) is 0 Å². The number of rotatable bonds is 1. The number of anilines is 1. The molecule has 0 amide bonds. The second kappa shape index (κ2) is 4.62. The lowest BCUT2D eigenvalue weighted by Crippen LogP contribution is -2.36. The number of nitrogens with zero attached hydrogens (tertiary/aromatic N) is 1. The van der Waals surface area contributed by atoms with Crippen LogP contribution in [0.15, 0.2) is 30.3 Å². The topological polar surface area (TPSA) is 12.5 Å². The molecule has 0 saturated carbocycles. The van der Waals surface area contributed by atoms with Crippen LogP contribution in [-0.4, -0.2) is 26.3 Å². The van der Waals surface area contributed by atoms with Crippen molar-refractivity contribution in [2.45, 2.75) is 13.8 Å². The third-order valence-corrected chi connectivity index (χ3v) is 3.74. The van der Waals surface area contributed by atoms with Gasteiger partial charge in [-0.05, 0) is 30.4 Å². The average Bonchev–Trinajstić information content (AvgIpc) is 2.40. The quantitative estimate of drug-likeness (QED) is 0.759. The molecule has 0 spiro atoms. The first-order valence-corrected chi connectivity index (χ1v) is 6.59. The van der Waals surface area contributed by atoms with E-state index in [4.69, 9.17) is 4.74 Å². The zero-order valence-corrected chi connectivity index (χ0v) is 11.1. The van der Waals surface area contributed by atoms with Gasteiger partial charge < -0.3 is 9.64 Å². The van der Waals surface area contributed by atoms with Gasteiger partial charge in [-0.25, -0.2) is 0 Å². The molecule has 1 aliphatic rings. The summed E-state index contributed by atoms with van der Waals surface area (Å²) in [5.41, 5.74) is 4.12. The van der Waals surface area contributed by atoms with Crippen molar-refractivity contribution in [2.75, 3.05) is 31.2 Å². The van der Waals surface area contributed by atoms with Crippen LogP contribution in [0.25, 0.3) is 10.8 Å². The van der Waals surface area contributed by atoms with Crippen molar-refractivity contribution >= 4 is 16.5 Å². The summed E-state index contributed by atoms with van der Waals surface area (Å²) < 4.78 is 5.46. The summed E-state index contributed by atoms with van der Waals surface area (Å²) in [5.74, 6) is 0. The molecule has 2 aromatic rings. The summed E-state index contributed by atoms with van der Waals surface area (Å²) in [6, 6.07) is 11.0. The molecule has 2 nitrogen and oxygen atoms in total. The molecule has 1 heterocycles. The summed E-state index contributed by atoms with van der Waals surface area (Å²) in [6.07, 6.45) is 0. The van der Waals surface area contributed by atoms with Crippen molar-refractivity contribution in [1.29, 1.82) is 0 Å². The third kappa shape index (κ3) is 1.87. The van der Waals surface area contributed by atoms with Crippen LogP contribution in [-0.2, 0) is 4.74 Å². The van der Waals surface area contributed by atoms with E-state index in [-0.39, 0.29) is 0 Å². The Morgan fingerprint density at radius 3 is 2.33 bits per heavy atom. The first-order chi connectivity index (χ1) is 8.77. The summed E-state index contributed by atoms with van der Waals surface area (Å²) in [4.78, 5) is 2.46. The molecule has 0 unspecified atom stereocenters. The molecule has 2 heteroatoms. The van der Waals surface area contributed by atoms with Gasteiger partial charge >= 0.3 is 0 Å². The van der Waals surface area contributed by atoms with E-state index < -0.39 is 0 Å². The van der Waals surface area contributed by atoms with Gasteiger partial charge in [-0.2, -0.15) is 0 Å². The maximum absolute atomic E-state index is 5.46. The van der Waals surface area contributed by atoms with E-state index in [0.717, 1.165) is 26.3 Å². The van der Waals surface area contributed by atoms with Crippen LogP contribution in [0.5, 0.6) is 0 Å². The Bertz CT molecular complexity index is 571. The fourth-order valence-corrected chi connectivity index (χ4v) is 2.92. The molecule has 1 aliphatic heterocycles. The minimum atomic E-state index is 0.835. The lowest BCUT2D eigenvalue weighted by molar-refractivity contribution is 0.123. The van der Waals surface area contributed by atoms with Crippen molar-refractivity contribution in [3.8, 4) is 0 Å². The van der Waals surface area contributed by atoms with Crippen molar-refractivity contribution in [3.63, 3.8) is 0 Å². The molecule has 1 saturated heterocycles. The van der Waals surface area contributed by atoms with E-state index in [9.17, 15) is 0 Å². The van der Waals surface area contributed by atoms with E-state index >= 15 is 0 Å². The van der Waals surface area contributed by atoms with Crippen LogP contribution in [0.2, 0.25) is 0 Å². The predicted octanol–water partition coefficient (Wildman–Crippen LogP) is 3.29. The third-order valence-electron chi connectivity index (χ3n) is 3.74. The number of hydrogen-bond acceptors (Lipinski definition) is 2. The van der Waals surface area contributed by atoms with Gasteiger partial charge in [0.2, 0.25) is 0 Å². The molecule has 0 aliphatic carbocycles. The molecular formula is C16H19NO. The largest absolute Gasteiger partial charge is 0.378 e. The van der Waals surface area contributed by atoms with Gasteiger partial charge in [0, 0.05) is 24.2 Å². The summed E-state index contributed by atoms with van der Waals surface area (Å²) in [7, 11) is 0. The van der Waals surface area contributed by atoms with Gasteiger partial charge in [0.1, 0.15) is 0 Å². The van der Waals surface area contributed by atoms with Crippen LogP contribution in [0.4, 0.5) is 5.69 Å². The standard InChI is InChI=1S/C16H19NO/c1-12-11-13(2)16(17-7-9-18-10-8-17)15-6-4-3-5-14(12)15/h3-6,11H,7-10H2,1-2H3. The second-order valence-electron chi connectivity index (χ2n) is 5.00. The fraction of sp³-hybridized carbons (Fsp3) is 0.375. The molecule has 3 rings (SSSR count). The minimum Gasteiger partial charge on any atom is -0.378 e. The van der Waals surface area contributed by atoms with Crippen molar-refractivity contribution in [1.82, 2.24) is 0 Å². The SMILES string of the molecule is Cc1cc(C)c2ccccc2c1N1CCOCC1. The van der Waals surface area contributed by atoms with E-state index in [0.29, 0.717) is 0 Å². The first-order valence-electron chi connectivity index (χ1n) is 6.59. The molecule has 0 aromatic heterocycles. The molecule has 94 valence electrons. The van der Waals surface area contributed by atoms with Gasteiger partial charge in [0.05, 0.1) is 13.2 Å². The molecule has 0 bridgehead atoms. The smallest absolute Gasteiger partial charge is 0.0642 e. The second-order valence-corrected chi connectivity index (χ2v) is 5.00. The highest BCUT2D eigenvalue weighted by atomic mass is 16.5. The Kier molecular flexibility index (Phi) is 2.96. The minimum absolute atomic E-state index is 0.835. The molecule has 0 atom stereocenters. The lowest BCUT2D eigenvalue weighted by atomic mass is 9.99. The van der Waals surface area contributed by atoms with Crippen molar-refractivity contribution in [3.05, 3.63) is 41.5 Å². The summed E-state index contributed by atoms with van der Waals surface area (Å²) in [6.45, 7) is 8.06. The Morgan fingerprint density at radius 2 is 1.61 bits per heavy atom. The van der Waals surface area contributed by atoms with Gasteiger partial charge in [-0.15, -0.1) is 0 Å². The monoisotopic (exact) mass is 241 g/mol. The Labute approximate surface area is 108 Å². The first kappa shape index (κ1) is 11.5. The summed E-state index contributed by atoms with van der Waals surface area (Å²) >= 11 is 0. The molecule has 18 heavy (non-hydrogen) atoms. The highest BCUT2D eigenvalue weighted by Gasteiger charge is 2.16. The molecule has 0 radical (unpaired) electrons. The Hall–Kier alpha value is -1.54. The molecule has 2 aromatic carbocycles. The maximum Gasteiger partial charge on any atom is 0.0642 e. The van der Waals surface area contributed by atoms with Gasteiger partial charge in [-0.1, -0.05) is 30.3 Å². The average molecular weight is 241 g/mol. The lowest BCUT2D eigenvalue weighted by Gasteiger charge is -2.31. The highest BCUT2D eigenvalue weighted by molar-refractivity contribution is 5.98. The van der Waals surface area contributed by atoms with Crippen LogP contribution in [0, 0.1) is 13.8 Å². The Balaban J connectivity index is 2.20. The fourth-order valence-electron chi connectivity index (χ4n) is 2.92. The number of aryl methyl sites for hydroxylation is 2. The van der Waals surface area contributed by atoms with Crippen molar-refractivity contribution < 1.29 is 4.74 Å². The van der Waals surface area contributed by atoms with Gasteiger partial charge in [0.25, 0.3) is 0 Å². The molecule has 0 N–H and O–H groups in total. The zero-order valence-electron chi connectivity index (χ0n) is 11.1. The predicted molar refractivity (Wildman–Crippen MR) is 76.5 cm³/mol. The molecule has 1 fully saturated rings. The molecular weight excluding hydrogens is 222 g/mol. The van der Waals surface area contributed by atoms with E-state index in [2.05, 4.69) is 49.1 Å². The van der Waals surface area contributed by atoms with Gasteiger partial charge in [0.15, 0.2) is 0 Å². The maximum atomic E-state index is 5.46. The van der Waals surface area contributed by atoms with Crippen LogP contribution in [0.3, 0.4) is 0 Å². The number of ether oxygens (including phenoxy) is 1. The van der Waals surface area contributed by atoms with E-state index in [1.165, 1.54) is 27.6 Å². The van der Waals surface area contributed by atoms with Crippen LogP contribution < -0.4 is 4.90 Å².